The molecule has 0 unspecified atom stereocenters. The first kappa shape index (κ1) is 11.4. The highest BCUT2D eigenvalue weighted by atomic mass is 16.3. The summed E-state index contributed by atoms with van der Waals surface area (Å²) in [6, 6.07) is 0. The number of Topliss-reactive ketones (excluding diaryl/α,β-unsaturated/α-hetero) is 1. The Bertz CT molecular complexity index is 267. The van der Waals surface area contributed by atoms with Crippen molar-refractivity contribution in [1.29, 1.82) is 0 Å². The lowest BCUT2D eigenvalue weighted by Gasteiger charge is -2.29. The zero-order chi connectivity index (χ0) is 11.0. The molecule has 1 N–H and O–H groups in total. The molecule has 0 saturated heterocycles. The Hall–Kier alpha value is -0.630. The van der Waals surface area contributed by atoms with Crippen LogP contribution in [0, 0.1) is 5.41 Å². The van der Waals surface area contributed by atoms with Crippen LogP contribution in [0.5, 0.6) is 0 Å². The van der Waals surface area contributed by atoms with Crippen LogP contribution in [0.4, 0.5) is 0 Å². The molecule has 14 heavy (non-hydrogen) atoms. The van der Waals surface area contributed by atoms with Gasteiger partial charge in [-0.2, -0.15) is 0 Å². The number of carbonyl (C=O) groups is 1. The molecule has 2 nitrogen and oxygen atoms in total. The molecule has 0 radical (unpaired) electrons. The molecule has 0 aromatic rings. The van der Waals surface area contributed by atoms with E-state index in [1.54, 1.807) is 13.8 Å². The fourth-order valence-corrected chi connectivity index (χ4v) is 1.77. The number of carbonyl (C=O) groups excluding carboxylic acids is 1. The van der Waals surface area contributed by atoms with E-state index in [0.717, 1.165) is 12.0 Å². The minimum absolute atomic E-state index is 0.0974. The minimum atomic E-state index is -0.775. The van der Waals surface area contributed by atoms with E-state index in [2.05, 4.69) is 13.8 Å². The van der Waals surface area contributed by atoms with Crippen molar-refractivity contribution in [3.05, 3.63) is 11.6 Å². The van der Waals surface area contributed by atoms with Gasteiger partial charge in [-0.25, -0.2) is 0 Å². The molecule has 0 aromatic carbocycles. The second-order valence-corrected chi connectivity index (χ2v) is 5.69. The van der Waals surface area contributed by atoms with E-state index >= 15 is 0 Å². The van der Waals surface area contributed by atoms with Gasteiger partial charge in [-0.1, -0.05) is 19.9 Å². The molecule has 0 saturated carbocycles. The van der Waals surface area contributed by atoms with Crippen LogP contribution in [0.1, 0.15) is 47.0 Å². The fraction of sp³-hybridized carbons (Fsp3) is 0.750. The molecule has 1 aliphatic carbocycles. The van der Waals surface area contributed by atoms with E-state index in [0.29, 0.717) is 12.8 Å². The van der Waals surface area contributed by atoms with Gasteiger partial charge in [0.25, 0.3) is 0 Å². The van der Waals surface area contributed by atoms with Crippen molar-refractivity contribution in [3.63, 3.8) is 0 Å². The van der Waals surface area contributed by atoms with Gasteiger partial charge in [0.15, 0.2) is 5.78 Å². The first-order valence-corrected chi connectivity index (χ1v) is 5.14. The molecule has 2 heteroatoms. The zero-order valence-electron chi connectivity index (χ0n) is 9.55. The molecule has 0 amide bonds. The molecule has 0 aromatic heterocycles. The van der Waals surface area contributed by atoms with Crippen LogP contribution in [0.25, 0.3) is 0 Å². The molecule has 0 bridgehead atoms. The fourth-order valence-electron chi connectivity index (χ4n) is 1.77. The Morgan fingerprint density at radius 2 is 2.07 bits per heavy atom. The monoisotopic (exact) mass is 196 g/mol. The first-order valence-electron chi connectivity index (χ1n) is 5.14. The molecule has 1 rings (SSSR count). The first-order chi connectivity index (χ1) is 6.20. The topological polar surface area (TPSA) is 37.3 Å². The molecule has 0 aliphatic heterocycles. The van der Waals surface area contributed by atoms with Crippen LogP contribution in [0.15, 0.2) is 11.6 Å². The van der Waals surface area contributed by atoms with Gasteiger partial charge in [0, 0.05) is 12.8 Å². The lowest BCUT2D eigenvalue weighted by Crippen LogP contribution is -2.27. The Morgan fingerprint density at radius 3 is 2.50 bits per heavy atom. The third kappa shape index (κ3) is 3.26. The molecule has 1 aliphatic rings. The number of aliphatic hydroxyl groups is 1. The van der Waals surface area contributed by atoms with Gasteiger partial charge in [0.2, 0.25) is 0 Å². The zero-order valence-corrected chi connectivity index (χ0v) is 9.55. The van der Waals surface area contributed by atoms with E-state index in [9.17, 15) is 9.90 Å². The SMILES string of the molecule is CC(C)(O)CC1=CCC(C)(C)CC1=O. The molecule has 0 spiro atoms. The van der Waals surface area contributed by atoms with Gasteiger partial charge < -0.3 is 5.11 Å². The van der Waals surface area contributed by atoms with Crippen LogP contribution < -0.4 is 0 Å². The lowest BCUT2D eigenvalue weighted by molar-refractivity contribution is -0.118. The van der Waals surface area contributed by atoms with Crippen LogP contribution >= 0.6 is 0 Å². The minimum Gasteiger partial charge on any atom is -0.390 e. The highest BCUT2D eigenvalue weighted by Gasteiger charge is 2.29. The largest absolute Gasteiger partial charge is 0.390 e. The van der Waals surface area contributed by atoms with E-state index in [-0.39, 0.29) is 11.2 Å². The number of rotatable bonds is 2. The lowest BCUT2D eigenvalue weighted by atomic mass is 9.76. The van der Waals surface area contributed by atoms with Gasteiger partial charge in [-0.3, -0.25) is 4.79 Å². The van der Waals surface area contributed by atoms with Crippen LogP contribution in [-0.4, -0.2) is 16.5 Å². The van der Waals surface area contributed by atoms with Gasteiger partial charge >= 0.3 is 0 Å². The van der Waals surface area contributed by atoms with Crippen molar-refractivity contribution >= 4 is 5.78 Å². The smallest absolute Gasteiger partial charge is 0.159 e. The summed E-state index contributed by atoms with van der Waals surface area (Å²) in [6.45, 7) is 7.67. The normalized spacial score (nSPS) is 22.1. The third-order valence-electron chi connectivity index (χ3n) is 2.52. The number of ketones is 1. The van der Waals surface area contributed by atoms with Crippen LogP contribution in [-0.2, 0) is 4.79 Å². The van der Waals surface area contributed by atoms with Crippen molar-refractivity contribution in [3.8, 4) is 0 Å². The maximum Gasteiger partial charge on any atom is 0.159 e. The molecule has 0 heterocycles. The van der Waals surface area contributed by atoms with Crippen molar-refractivity contribution in [2.45, 2.75) is 52.6 Å². The molecule has 0 atom stereocenters. The summed E-state index contributed by atoms with van der Waals surface area (Å²) in [7, 11) is 0. The average Bonchev–Trinajstić information content (AvgIpc) is 1.92. The predicted octanol–water partition coefficient (Wildman–Crippen LogP) is 2.46. The average molecular weight is 196 g/mol. The van der Waals surface area contributed by atoms with Gasteiger partial charge in [0.1, 0.15) is 0 Å². The van der Waals surface area contributed by atoms with E-state index in [1.807, 2.05) is 6.08 Å². The number of allylic oxidation sites excluding steroid dienone is 1. The van der Waals surface area contributed by atoms with Gasteiger partial charge in [-0.05, 0) is 31.3 Å². The maximum atomic E-state index is 11.7. The third-order valence-corrected chi connectivity index (χ3v) is 2.52. The number of hydrogen-bond donors (Lipinski definition) is 1. The van der Waals surface area contributed by atoms with Gasteiger partial charge in [-0.15, -0.1) is 0 Å². The molecule has 80 valence electrons. The summed E-state index contributed by atoms with van der Waals surface area (Å²) in [5, 5.41) is 9.62. The summed E-state index contributed by atoms with van der Waals surface area (Å²) >= 11 is 0. The summed E-state index contributed by atoms with van der Waals surface area (Å²) in [4.78, 5) is 11.7. The Balaban J connectivity index is 2.73. The van der Waals surface area contributed by atoms with E-state index in [1.165, 1.54) is 0 Å². The van der Waals surface area contributed by atoms with Crippen LogP contribution in [0.2, 0.25) is 0 Å². The summed E-state index contributed by atoms with van der Waals surface area (Å²) in [6.07, 6.45) is 4.00. The summed E-state index contributed by atoms with van der Waals surface area (Å²) < 4.78 is 0. The molecule has 0 fully saturated rings. The quantitative estimate of drug-likeness (QED) is 0.736. The Kier molecular flexibility index (Phi) is 2.86. The predicted molar refractivity (Wildman–Crippen MR) is 57.0 cm³/mol. The Labute approximate surface area is 86.0 Å². The second-order valence-electron chi connectivity index (χ2n) is 5.69. The van der Waals surface area contributed by atoms with Gasteiger partial charge in [0.05, 0.1) is 5.60 Å². The van der Waals surface area contributed by atoms with Crippen LogP contribution in [0.3, 0.4) is 0 Å². The van der Waals surface area contributed by atoms with Crippen molar-refractivity contribution in [2.24, 2.45) is 5.41 Å². The summed E-state index contributed by atoms with van der Waals surface area (Å²) in [5.41, 5.74) is 0.125. The van der Waals surface area contributed by atoms with Crippen molar-refractivity contribution in [1.82, 2.24) is 0 Å². The van der Waals surface area contributed by atoms with Crippen molar-refractivity contribution < 1.29 is 9.90 Å². The van der Waals surface area contributed by atoms with E-state index < -0.39 is 5.60 Å². The maximum absolute atomic E-state index is 11.7. The number of hydrogen-bond acceptors (Lipinski definition) is 2. The molecular weight excluding hydrogens is 176 g/mol. The highest BCUT2D eigenvalue weighted by Crippen LogP contribution is 2.34. The summed E-state index contributed by atoms with van der Waals surface area (Å²) in [5.74, 6) is 0.198. The highest BCUT2D eigenvalue weighted by molar-refractivity contribution is 5.96. The van der Waals surface area contributed by atoms with Crippen molar-refractivity contribution in [2.75, 3.05) is 0 Å². The van der Waals surface area contributed by atoms with E-state index in [4.69, 9.17) is 0 Å². The molecular formula is C12H20O2. The second kappa shape index (κ2) is 3.50. The Morgan fingerprint density at radius 1 is 1.50 bits per heavy atom. The standard InChI is InChI=1S/C12H20O2/c1-11(2)6-5-9(10(13)8-11)7-12(3,4)14/h5,14H,6-8H2,1-4H3.